The highest BCUT2D eigenvalue weighted by atomic mass is 35.5. The van der Waals surface area contributed by atoms with Gasteiger partial charge in [0.25, 0.3) is 0 Å². The maximum Gasteiger partial charge on any atom is 0.195 e. The Bertz CT molecular complexity index is 604. The monoisotopic (exact) mass is 307 g/mol. The number of nitrogens with zero attached hydrogens (tertiary/aromatic N) is 2. The van der Waals surface area contributed by atoms with Gasteiger partial charge in [-0.2, -0.15) is 5.10 Å². The van der Waals surface area contributed by atoms with Crippen molar-refractivity contribution in [3.63, 3.8) is 0 Å². The fraction of sp³-hybridized carbons (Fsp3) is 0.400. The average molecular weight is 308 g/mol. The predicted octanol–water partition coefficient (Wildman–Crippen LogP) is 4.73. The minimum atomic E-state index is -0.169. The molecule has 0 aliphatic heterocycles. The van der Waals surface area contributed by atoms with E-state index in [1.807, 2.05) is 10.6 Å². The van der Waals surface area contributed by atoms with Gasteiger partial charge in [0, 0.05) is 5.54 Å². The van der Waals surface area contributed by atoms with Crippen molar-refractivity contribution in [1.29, 1.82) is 0 Å². The van der Waals surface area contributed by atoms with Crippen LogP contribution >= 0.6 is 46.8 Å². The van der Waals surface area contributed by atoms with Crippen LogP contribution in [0.1, 0.15) is 20.8 Å². The third kappa shape index (κ3) is 2.42. The van der Waals surface area contributed by atoms with Crippen LogP contribution in [0.5, 0.6) is 0 Å². The van der Waals surface area contributed by atoms with Crippen molar-refractivity contribution in [3.05, 3.63) is 19.5 Å². The van der Waals surface area contributed by atoms with Crippen LogP contribution in [0.15, 0.2) is 6.07 Å². The van der Waals surface area contributed by atoms with E-state index in [0.717, 1.165) is 11.4 Å². The highest BCUT2D eigenvalue weighted by Gasteiger charge is 2.22. The van der Waals surface area contributed by atoms with E-state index in [-0.39, 0.29) is 5.54 Å². The Kier molecular flexibility index (Phi) is 3.38. The lowest BCUT2D eigenvalue weighted by Gasteiger charge is -2.22. The zero-order chi connectivity index (χ0) is 12.8. The van der Waals surface area contributed by atoms with Crippen LogP contribution in [0.2, 0.25) is 8.67 Å². The normalized spacial score (nSPS) is 12.1. The van der Waals surface area contributed by atoms with Gasteiger partial charge in [-0.3, -0.25) is 9.67 Å². The van der Waals surface area contributed by atoms with Crippen LogP contribution in [0.25, 0.3) is 11.4 Å². The molecule has 0 unspecified atom stereocenters. The smallest absolute Gasteiger partial charge is 0.195 e. The first-order chi connectivity index (χ1) is 7.80. The predicted molar refractivity (Wildman–Crippen MR) is 75.7 cm³/mol. The lowest BCUT2D eigenvalue weighted by Crippen LogP contribution is -2.22. The molecule has 0 bridgehead atoms. The fourth-order valence-electron chi connectivity index (χ4n) is 1.59. The van der Waals surface area contributed by atoms with Gasteiger partial charge in [0.1, 0.15) is 4.34 Å². The summed E-state index contributed by atoms with van der Waals surface area (Å²) in [6, 6.07) is 1.81. The molecule has 0 amide bonds. The van der Waals surface area contributed by atoms with Crippen molar-refractivity contribution in [1.82, 2.24) is 14.8 Å². The van der Waals surface area contributed by atoms with Gasteiger partial charge in [-0.25, -0.2) is 0 Å². The highest BCUT2D eigenvalue weighted by Crippen LogP contribution is 2.38. The quantitative estimate of drug-likeness (QED) is 0.773. The van der Waals surface area contributed by atoms with E-state index < -0.39 is 0 Å². The van der Waals surface area contributed by atoms with E-state index in [1.165, 1.54) is 11.3 Å². The van der Waals surface area contributed by atoms with Crippen LogP contribution in [0.3, 0.4) is 0 Å². The summed E-state index contributed by atoms with van der Waals surface area (Å²) in [7, 11) is 0. The van der Waals surface area contributed by atoms with Gasteiger partial charge in [-0.1, -0.05) is 23.2 Å². The molecule has 7 heteroatoms. The number of halogens is 2. The topological polar surface area (TPSA) is 33.6 Å². The molecule has 2 aromatic heterocycles. The Morgan fingerprint density at radius 1 is 1.41 bits per heavy atom. The molecule has 0 atom stereocenters. The number of aromatic nitrogens is 3. The second-order valence-electron chi connectivity index (χ2n) is 4.60. The summed E-state index contributed by atoms with van der Waals surface area (Å²) < 4.78 is 3.77. The van der Waals surface area contributed by atoms with Gasteiger partial charge >= 0.3 is 0 Å². The summed E-state index contributed by atoms with van der Waals surface area (Å²) in [4.78, 5) is 0. The van der Waals surface area contributed by atoms with Gasteiger partial charge in [0.15, 0.2) is 10.6 Å². The number of hydrogen-bond donors (Lipinski definition) is 1. The van der Waals surface area contributed by atoms with Crippen molar-refractivity contribution >= 4 is 46.8 Å². The van der Waals surface area contributed by atoms with Crippen LogP contribution < -0.4 is 0 Å². The zero-order valence-electron chi connectivity index (χ0n) is 9.54. The molecule has 0 fully saturated rings. The number of aromatic amines is 1. The van der Waals surface area contributed by atoms with Crippen LogP contribution in [-0.4, -0.2) is 14.8 Å². The molecule has 0 saturated heterocycles. The molecule has 92 valence electrons. The third-order valence-electron chi connectivity index (χ3n) is 2.24. The minimum Gasteiger partial charge on any atom is -0.295 e. The molecule has 0 aliphatic rings. The molecular weight excluding hydrogens is 297 g/mol. The van der Waals surface area contributed by atoms with E-state index in [0.29, 0.717) is 13.4 Å². The second kappa shape index (κ2) is 4.39. The molecule has 3 nitrogen and oxygen atoms in total. The van der Waals surface area contributed by atoms with Gasteiger partial charge in [0.05, 0.1) is 9.90 Å². The first-order valence-electron chi connectivity index (χ1n) is 4.94. The van der Waals surface area contributed by atoms with Gasteiger partial charge in [-0.15, -0.1) is 11.3 Å². The average Bonchev–Trinajstić information content (AvgIpc) is 2.68. The third-order valence-corrected chi connectivity index (χ3v) is 4.00. The maximum absolute atomic E-state index is 6.14. The van der Waals surface area contributed by atoms with Crippen molar-refractivity contribution in [2.45, 2.75) is 26.3 Å². The van der Waals surface area contributed by atoms with Crippen molar-refractivity contribution in [2.24, 2.45) is 0 Å². The van der Waals surface area contributed by atoms with Crippen LogP contribution in [-0.2, 0) is 5.54 Å². The number of thiophene rings is 1. The highest BCUT2D eigenvalue weighted by molar-refractivity contribution is 7.71. The summed E-state index contributed by atoms with van der Waals surface area (Å²) >= 11 is 18.7. The number of rotatable bonds is 1. The van der Waals surface area contributed by atoms with E-state index in [4.69, 9.17) is 35.4 Å². The van der Waals surface area contributed by atoms with Gasteiger partial charge < -0.3 is 0 Å². The molecule has 0 spiro atoms. The first-order valence-corrected chi connectivity index (χ1v) is 6.92. The number of H-pyrrole nitrogens is 1. The van der Waals surface area contributed by atoms with Crippen LogP contribution in [0.4, 0.5) is 0 Å². The molecule has 2 rings (SSSR count). The van der Waals surface area contributed by atoms with Crippen LogP contribution in [0, 0.1) is 4.77 Å². The van der Waals surface area contributed by atoms with E-state index in [1.54, 1.807) is 0 Å². The molecule has 0 saturated carbocycles. The largest absolute Gasteiger partial charge is 0.295 e. The lowest BCUT2D eigenvalue weighted by molar-refractivity contribution is 0.395. The Balaban J connectivity index is 2.70. The first kappa shape index (κ1) is 13.1. The summed E-state index contributed by atoms with van der Waals surface area (Å²) in [6.07, 6.45) is 0. The van der Waals surface area contributed by atoms with E-state index >= 15 is 0 Å². The Morgan fingerprint density at radius 2 is 2.06 bits per heavy atom. The minimum absolute atomic E-state index is 0.169. The number of hydrogen-bond acceptors (Lipinski definition) is 3. The molecule has 1 N–H and O–H groups in total. The van der Waals surface area contributed by atoms with Gasteiger partial charge in [0.2, 0.25) is 0 Å². The molecule has 17 heavy (non-hydrogen) atoms. The van der Waals surface area contributed by atoms with Crippen molar-refractivity contribution in [2.75, 3.05) is 0 Å². The standard InChI is InChI=1S/C10H11Cl2N3S2/c1-10(2,3)15-8(13-14-9(15)16)5-4-6(11)17-7(5)12/h4H,1-3H3,(H,14,16). The van der Waals surface area contributed by atoms with E-state index in [2.05, 4.69) is 31.0 Å². The zero-order valence-corrected chi connectivity index (χ0v) is 12.7. The summed E-state index contributed by atoms with van der Waals surface area (Å²) in [5, 5.41) is 7.03. The van der Waals surface area contributed by atoms with Crippen molar-refractivity contribution in [3.8, 4) is 11.4 Å². The van der Waals surface area contributed by atoms with Gasteiger partial charge in [-0.05, 0) is 39.1 Å². The lowest BCUT2D eigenvalue weighted by atomic mass is 10.1. The Labute approximate surface area is 118 Å². The Hall–Kier alpha value is -0.360. The maximum atomic E-state index is 6.14. The summed E-state index contributed by atoms with van der Waals surface area (Å²) in [5.41, 5.74) is 0.640. The summed E-state index contributed by atoms with van der Waals surface area (Å²) in [5.74, 6) is 0.718. The molecule has 0 radical (unpaired) electrons. The molecular formula is C10H11Cl2N3S2. The van der Waals surface area contributed by atoms with E-state index in [9.17, 15) is 0 Å². The molecule has 2 aromatic rings. The fourth-order valence-corrected chi connectivity index (χ4v) is 3.45. The second-order valence-corrected chi connectivity index (χ2v) is 7.27. The summed E-state index contributed by atoms with van der Waals surface area (Å²) in [6.45, 7) is 6.18. The van der Waals surface area contributed by atoms with Crippen molar-refractivity contribution < 1.29 is 0 Å². The molecule has 2 heterocycles. The number of nitrogens with one attached hydrogen (secondary N) is 1. The Morgan fingerprint density at radius 3 is 2.53 bits per heavy atom. The SMILES string of the molecule is CC(C)(C)n1c(-c2cc(Cl)sc2Cl)n[nH]c1=S. The molecule has 0 aromatic carbocycles. The molecule has 0 aliphatic carbocycles.